The van der Waals surface area contributed by atoms with Crippen LogP contribution in [0.25, 0.3) is 0 Å². The van der Waals surface area contributed by atoms with E-state index in [-0.39, 0.29) is 5.97 Å². The highest BCUT2D eigenvalue weighted by Gasteiger charge is 2.01. The minimum atomic E-state index is -0.198. The Hall–Kier alpha value is -0.790. The number of hydrogen-bond donors (Lipinski definition) is 0. The third-order valence-corrected chi connectivity index (χ3v) is 4.77. The van der Waals surface area contributed by atoms with Crippen LogP contribution < -0.4 is 0 Å². The number of carbonyl (C=O) groups is 1. The Morgan fingerprint density at radius 1 is 0.708 bits per heavy atom. The molecule has 2 nitrogen and oxygen atoms in total. The van der Waals surface area contributed by atoms with Gasteiger partial charge in [0.15, 0.2) is 0 Å². The highest BCUT2D eigenvalue weighted by Crippen LogP contribution is 2.14. The molecule has 0 aromatic rings. The smallest absolute Gasteiger partial charge is 0.333 e. The van der Waals surface area contributed by atoms with Crippen molar-refractivity contribution in [3.05, 3.63) is 11.6 Å². The van der Waals surface area contributed by atoms with Gasteiger partial charge in [0, 0.05) is 5.57 Å². The second kappa shape index (κ2) is 18.5. The number of unbranched alkanes of at least 4 members (excludes halogenated alkanes) is 15. The molecular formula is C22H42O2. The summed E-state index contributed by atoms with van der Waals surface area (Å²) in [5, 5.41) is 0. The highest BCUT2D eigenvalue weighted by molar-refractivity contribution is 5.87. The first-order valence-electron chi connectivity index (χ1n) is 10.5. The molecule has 0 unspecified atom stereocenters. The van der Waals surface area contributed by atoms with Crippen molar-refractivity contribution in [2.45, 2.75) is 117 Å². The van der Waals surface area contributed by atoms with E-state index in [9.17, 15) is 4.79 Å². The molecule has 0 bridgehead atoms. The summed E-state index contributed by atoms with van der Waals surface area (Å²) in [7, 11) is 1.44. The van der Waals surface area contributed by atoms with Gasteiger partial charge in [0.25, 0.3) is 0 Å². The van der Waals surface area contributed by atoms with E-state index < -0.39 is 0 Å². The predicted octanol–water partition coefficient (Wildman–Crippen LogP) is 7.37. The molecule has 142 valence electrons. The van der Waals surface area contributed by atoms with Crippen LogP contribution in [0.15, 0.2) is 11.6 Å². The molecule has 0 aliphatic carbocycles. The van der Waals surface area contributed by atoms with E-state index in [1.165, 1.54) is 103 Å². The Morgan fingerprint density at radius 2 is 1.08 bits per heavy atom. The summed E-state index contributed by atoms with van der Waals surface area (Å²) < 4.78 is 4.68. The molecule has 0 radical (unpaired) electrons. The Bertz CT molecular complexity index is 307. The quantitative estimate of drug-likeness (QED) is 0.157. The lowest BCUT2D eigenvalue weighted by atomic mass is 10.0. The van der Waals surface area contributed by atoms with Crippen molar-refractivity contribution in [2.75, 3.05) is 7.11 Å². The van der Waals surface area contributed by atoms with Gasteiger partial charge in [0.1, 0.15) is 0 Å². The second-order valence-corrected chi connectivity index (χ2v) is 7.12. The molecule has 0 aromatic heterocycles. The molecule has 24 heavy (non-hydrogen) atoms. The zero-order valence-corrected chi connectivity index (χ0v) is 16.7. The fraction of sp³-hybridized carbons (Fsp3) is 0.864. The third-order valence-electron chi connectivity index (χ3n) is 4.77. The number of allylic oxidation sites excluding steroid dienone is 1. The lowest BCUT2D eigenvalue weighted by Crippen LogP contribution is -2.01. The van der Waals surface area contributed by atoms with Gasteiger partial charge in [0.05, 0.1) is 7.11 Å². The van der Waals surface area contributed by atoms with Crippen LogP contribution in [0.2, 0.25) is 0 Å². The first-order valence-corrected chi connectivity index (χ1v) is 10.5. The molecule has 0 N–H and O–H groups in total. The fourth-order valence-electron chi connectivity index (χ4n) is 3.08. The monoisotopic (exact) mass is 338 g/mol. The van der Waals surface area contributed by atoms with Crippen molar-refractivity contribution in [1.82, 2.24) is 0 Å². The average Bonchev–Trinajstić information content (AvgIpc) is 2.60. The van der Waals surface area contributed by atoms with Crippen molar-refractivity contribution >= 4 is 5.97 Å². The summed E-state index contributed by atoms with van der Waals surface area (Å²) in [6.07, 6.45) is 23.8. The van der Waals surface area contributed by atoms with Gasteiger partial charge in [-0.1, -0.05) is 103 Å². The first kappa shape index (κ1) is 23.2. The van der Waals surface area contributed by atoms with Crippen molar-refractivity contribution in [1.29, 1.82) is 0 Å². The molecule has 0 amide bonds. The van der Waals surface area contributed by atoms with Crippen molar-refractivity contribution in [3.63, 3.8) is 0 Å². The van der Waals surface area contributed by atoms with Gasteiger partial charge in [-0.25, -0.2) is 4.79 Å². The molecule has 0 saturated heterocycles. The molecule has 0 aliphatic rings. The minimum Gasteiger partial charge on any atom is -0.466 e. The number of ether oxygens (including phenoxy) is 1. The van der Waals surface area contributed by atoms with Crippen LogP contribution in [-0.2, 0) is 9.53 Å². The standard InChI is InChI=1S/C22H42O2/c1-4-5-6-7-8-9-10-11-12-13-14-15-16-17-18-19-20-21(2)22(23)24-3/h20H,4-19H2,1-3H3/b21-20+. The van der Waals surface area contributed by atoms with E-state index in [1.807, 2.05) is 13.0 Å². The number of rotatable bonds is 17. The van der Waals surface area contributed by atoms with Crippen molar-refractivity contribution < 1.29 is 9.53 Å². The summed E-state index contributed by atoms with van der Waals surface area (Å²) >= 11 is 0. The normalized spacial score (nSPS) is 11.7. The topological polar surface area (TPSA) is 26.3 Å². The maximum Gasteiger partial charge on any atom is 0.333 e. The molecule has 2 heteroatoms. The minimum absolute atomic E-state index is 0.198. The van der Waals surface area contributed by atoms with Gasteiger partial charge in [-0.05, 0) is 19.8 Å². The van der Waals surface area contributed by atoms with Crippen LogP contribution in [0.4, 0.5) is 0 Å². The van der Waals surface area contributed by atoms with Crippen LogP contribution in [0.1, 0.15) is 117 Å². The maximum absolute atomic E-state index is 11.2. The largest absolute Gasteiger partial charge is 0.466 e. The molecule has 0 spiro atoms. The summed E-state index contributed by atoms with van der Waals surface area (Å²) in [5.41, 5.74) is 0.739. The Morgan fingerprint density at radius 3 is 1.46 bits per heavy atom. The number of carbonyl (C=O) groups excluding carboxylic acids is 1. The van der Waals surface area contributed by atoms with E-state index in [1.54, 1.807) is 0 Å². The lowest BCUT2D eigenvalue weighted by Gasteiger charge is -2.03. The Labute approximate surface area is 151 Å². The summed E-state index contributed by atoms with van der Waals surface area (Å²) in [6, 6.07) is 0. The van der Waals surface area contributed by atoms with Crippen molar-refractivity contribution in [3.8, 4) is 0 Å². The zero-order chi connectivity index (χ0) is 17.9. The van der Waals surface area contributed by atoms with E-state index in [0.717, 1.165) is 12.0 Å². The number of methoxy groups -OCH3 is 1. The van der Waals surface area contributed by atoms with Crippen LogP contribution in [0, 0.1) is 0 Å². The van der Waals surface area contributed by atoms with E-state index >= 15 is 0 Å². The van der Waals surface area contributed by atoms with Crippen molar-refractivity contribution in [2.24, 2.45) is 0 Å². The van der Waals surface area contributed by atoms with Gasteiger partial charge in [0.2, 0.25) is 0 Å². The molecule has 0 rings (SSSR count). The summed E-state index contributed by atoms with van der Waals surface area (Å²) in [6.45, 7) is 4.11. The summed E-state index contributed by atoms with van der Waals surface area (Å²) in [4.78, 5) is 11.2. The van der Waals surface area contributed by atoms with Gasteiger partial charge in [-0.2, -0.15) is 0 Å². The van der Waals surface area contributed by atoms with E-state index in [2.05, 4.69) is 11.7 Å². The second-order valence-electron chi connectivity index (χ2n) is 7.12. The van der Waals surface area contributed by atoms with Gasteiger partial charge < -0.3 is 4.74 Å². The van der Waals surface area contributed by atoms with Gasteiger partial charge in [-0.3, -0.25) is 0 Å². The molecule has 0 fully saturated rings. The maximum atomic E-state index is 11.2. The van der Waals surface area contributed by atoms with Crippen LogP contribution >= 0.6 is 0 Å². The zero-order valence-electron chi connectivity index (χ0n) is 16.7. The number of esters is 1. The Balaban J connectivity index is 3.17. The van der Waals surface area contributed by atoms with Crippen LogP contribution in [0.3, 0.4) is 0 Å². The molecule has 0 aromatic carbocycles. The molecule has 0 atom stereocenters. The summed E-state index contributed by atoms with van der Waals surface area (Å²) in [5.74, 6) is -0.198. The van der Waals surface area contributed by atoms with E-state index in [0.29, 0.717) is 0 Å². The third kappa shape index (κ3) is 16.1. The fourth-order valence-corrected chi connectivity index (χ4v) is 3.08. The van der Waals surface area contributed by atoms with Gasteiger partial charge >= 0.3 is 5.97 Å². The average molecular weight is 339 g/mol. The highest BCUT2D eigenvalue weighted by atomic mass is 16.5. The van der Waals surface area contributed by atoms with Gasteiger partial charge in [-0.15, -0.1) is 0 Å². The van der Waals surface area contributed by atoms with E-state index in [4.69, 9.17) is 0 Å². The SMILES string of the molecule is CCCCCCCCCCCCCCCCC/C=C(\C)C(=O)OC. The molecular weight excluding hydrogens is 296 g/mol. The predicted molar refractivity (Wildman–Crippen MR) is 105 cm³/mol. The molecule has 0 aliphatic heterocycles. The number of hydrogen-bond acceptors (Lipinski definition) is 2. The molecule has 0 heterocycles. The van der Waals surface area contributed by atoms with Crippen LogP contribution in [0.5, 0.6) is 0 Å². The Kier molecular flexibility index (Phi) is 17.9. The lowest BCUT2D eigenvalue weighted by molar-refractivity contribution is -0.136. The molecule has 0 saturated carbocycles. The first-order chi connectivity index (χ1) is 11.7. The van der Waals surface area contributed by atoms with Crippen LogP contribution in [-0.4, -0.2) is 13.1 Å².